The van der Waals surface area contributed by atoms with Gasteiger partial charge in [-0.05, 0) is 38.8 Å². The molecule has 0 spiro atoms. The Balaban J connectivity index is 1.99. The average Bonchev–Trinajstić information content (AvgIpc) is 2.48. The van der Waals surface area contributed by atoms with Crippen molar-refractivity contribution >= 4 is 22.7 Å². The summed E-state index contributed by atoms with van der Waals surface area (Å²) in [5.41, 5.74) is 0.986. The van der Waals surface area contributed by atoms with Crippen LogP contribution >= 0.6 is 0 Å². The fraction of sp³-hybridized carbons (Fsp3) is 0.500. The van der Waals surface area contributed by atoms with E-state index in [9.17, 15) is 0 Å². The molecule has 0 unspecified atom stereocenters. The zero-order valence-electron chi connectivity index (χ0n) is 12.6. The van der Waals surface area contributed by atoms with Gasteiger partial charge in [0.15, 0.2) is 0 Å². The van der Waals surface area contributed by atoms with Gasteiger partial charge in [0.1, 0.15) is 5.82 Å². The molecule has 1 aliphatic rings. The predicted octanol–water partition coefficient (Wildman–Crippen LogP) is 3.04. The van der Waals surface area contributed by atoms with Gasteiger partial charge in [-0.25, -0.2) is 4.98 Å². The van der Waals surface area contributed by atoms with E-state index in [-0.39, 0.29) is 5.54 Å². The molecule has 112 valence electrons. The summed E-state index contributed by atoms with van der Waals surface area (Å²) in [6.45, 7) is 6.69. The van der Waals surface area contributed by atoms with Crippen molar-refractivity contribution in [3.8, 4) is 0 Å². The van der Waals surface area contributed by atoms with E-state index in [4.69, 9.17) is 4.74 Å². The van der Waals surface area contributed by atoms with Gasteiger partial charge in [-0.3, -0.25) is 0 Å². The summed E-state index contributed by atoms with van der Waals surface area (Å²) in [5, 5.41) is 7.89. The van der Waals surface area contributed by atoms with Crippen LogP contribution in [0.5, 0.6) is 0 Å². The summed E-state index contributed by atoms with van der Waals surface area (Å²) in [6.07, 6.45) is 1.98. The Bertz CT molecular complexity index is 623. The summed E-state index contributed by atoms with van der Waals surface area (Å²) in [6, 6.07) is 8.12. The van der Waals surface area contributed by atoms with Gasteiger partial charge in [-0.15, -0.1) is 0 Å². The van der Waals surface area contributed by atoms with E-state index in [1.807, 2.05) is 25.1 Å². The molecule has 3 rings (SSSR count). The summed E-state index contributed by atoms with van der Waals surface area (Å²) >= 11 is 0. The van der Waals surface area contributed by atoms with Crippen molar-refractivity contribution in [1.82, 2.24) is 9.97 Å². The minimum Gasteiger partial charge on any atom is -0.381 e. The first-order valence-electron chi connectivity index (χ1n) is 7.57. The van der Waals surface area contributed by atoms with Gasteiger partial charge in [0.05, 0.1) is 5.52 Å². The molecule has 5 nitrogen and oxygen atoms in total. The molecule has 2 N–H and O–H groups in total. The monoisotopic (exact) mass is 286 g/mol. The molecular weight excluding hydrogens is 264 g/mol. The number of para-hydroxylation sites is 1. The zero-order chi connectivity index (χ0) is 14.7. The Hall–Kier alpha value is -1.88. The molecule has 1 aromatic carbocycles. The molecule has 0 aliphatic carbocycles. The zero-order valence-corrected chi connectivity index (χ0v) is 12.6. The molecular formula is C16H22N4O. The Labute approximate surface area is 125 Å². The topological polar surface area (TPSA) is 59.1 Å². The van der Waals surface area contributed by atoms with Crippen molar-refractivity contribution in [3.63, 3.8) is 0 Å². The van der Waals surface area contributed by atoms with Crippen LogP contribution in [0.4, 0.5) is 11.8 Å². The highest BCUT2D eigenvalue weighted by Crippen LogP contribution is 2.29. The lowest BCUT2D eigenvalue weighted by atomic mass is 9.92. The van der Waals surface area contributed by atoms with E-state index < -0.39 is 0 Å². The molecule has 1 aliphatic heterocycles. The third-order valence-corrected chi connectivity index (χ3v) is 3.95. The number of benzene rings is 1. The van der Waals surface area contributed by atoms with Crippen molar-refractivity contribution in [2.45, 2.75) is 32.2 Å². The highest BCUT2D eigenvalue weighted by atomic mass is 16.5. The van der Waals surface area contributed by atoms with Gasteiger partial charge < -0.3 is 15.4 Å². The number of rotatable bonds is 4. The number of hydrogen-bond acceptors (Lipinski definition) is 5. The second kappa shape index (κ2) is 5.85. The number of anilines is 2. The number of nitrogens with one attached hydrogen (secondary N) is 2. The fourth-order valence-electron chi connectivity index (χ4n) is 2.64. The minimum absolute atomic E-state index is 0.0266. The van der Waals surface area contributed by atoms with Crippen LogP contribution in [0.15, 0.2) is 24.3 Å². The first-order chi connectivity index (χ1) is 10.2. The van der Waals surface area contributed by atoms with Crippen molar-refractivity contribution < 1.29 is 4.74 Å². The van der Waals surface area contributed by atoms with Gasteiger partial charge in [-0.1, -0.05) is 12.1 Å². The van der Waals surface area contributed by atoms with Crippen LogP contribution < -0.4 is 10.6 Å². The molecule has 1 saturated heterocycles. The lowest BCUT2D eigenvalue weighted by Crippen LogP contribution is -2.41. The maximum Gasteiger partial charge on any atom is 0.225 e. The number of fused-ring (bicyclic) bond motifs is 1. The number of aromatic nitrogens is 2. The molecule has 1 aromatic heterocycles. The third kappa shape index (κ3) is 3.08. The SMILES string of the molecule is CCNc1nc(NC2(C)CCOCC2)c2ccccc2n1. The molecule has 5 heteroatoms. The first kappa shape index (κ1) is 14.1. The van der Waals surface area contributed by atoms with Crippen LogP contribution in [0.1, 0.15) is 26.7 Å². The maximum atomic E-state index is 5.47. The van der Waals surface area contributed by atoms with E-state index >= 15 is 0 Å². The largest absolute Gasteiger partial charge is 0.381 e. The van der Waals surface area contributed by atoms with E-state index in [0.717, 1.165) is 49.3 Å². The van der Waals surface area contributed by atoms with Gasteiger partial charge in [-0.2, -0.15) is 4.98 Å². The van der Waals surface area contributed by atoms with E-state index in [0.29, 0.717) is 5.95 Å². The standard InChI is InChI=1S/C16H22N4O/c1-3-17-15-18-13-7-5-4-6-12(13)14(19-15)20-16(2)8-10-21-11-9-16/h4-7H,3,8-11H2,1-2H3,(H2,17,18,19,20). The Morgan fingerprint density at radius 3 is 2.71 bits per heavy atom. The number of ether oxygens (including phenoxy) is 1. The molecule has 0 saturated carbocycles. The van der Waals surface area contributed by atoms with Crippen molar-refractivity contribution in [1.29, 1.82) is 0 Å². The van der Waals surface area contributed by atoms with Gasteiger partial charge in [0.2, 0.25) is 5.95 Å². The van der Waals surface area contributed by atoms with Crippen LogP contribution in [0.3, 0.4) is 0 Å². The smallest absolute Gasteiger partial charge is 0.225 e. The predicted molar refractivity (Wildman–Crippen MR) is 85.8 cm³/mol. The molecule has 21 heavy (non-hydrogen) atoms. The normalized spacial score (nSPS) is 17.6. The van der Waals surface area contributed by atoms with Crippen molar-refractivity contribution in [2.24, 2.45) is 0 Å². The van der Waals surface area contributed by atoms with Gasteiger partial charge in [0, 0.05) is 30.7 Å². The van der Waals surface area contributed by atoms with Crippen LogP contribution in [0, 0.1) is 0 Å². The van der Waals surface area contributed by atoms with E-state index in [1.165, 1.54) is 0 Å². The van der Waals surface area contributed by atoms with Gasteiger partial charge >= 0.3 is 0 Å². The quantitative estimate of drug-likeness (QED) is 0.904. The molecule has 0 amide bonds. The minimum atomic E-state index is 0.0266. The van der Waals surface area contributed by atoms with E-state index in [1.54, 1.807) is 0 Å². The third-order valence-electron chi connectivity index (χ3n) is 3.95. The van der Waals surface area contributed by atoms with Crippen LogP contribution in [0.25, 0.3) is 10.9 Å². The maximum absolute atomic E-state index is 5.47. The summed E-state index contributed by atoms with van der Waals surface area (Å²) in [4.78, 5) is 9.21. The Morgan fingerprint density at radius 1 is 1.19 bits per heavy atom. The van der Waals surface area contributed by atoms with Crippen LogP contribution in [-0.4, -0.2) is 35.3 Å². The van der Waals surface area contributed by atoms with Gasteiger partial charge in [0.25, 0.3) is 0 Å². The summed E-state index contributed by atoms with van der Waals surface area (Å²) < 4.78 is 5.47. The van der Waals surface area contributed by atoms with Crippen LogP contribution in [-0.2, 0) is 4.74 Å². The molecule has 2 aromatic rings. The lowest BCUT2D eigenvalue weighted by Gasteiger charge is -2.35. The molecule has 0 radical (unpaired) electrons. The van der Waals surface area contributed by atoms with Crippen molar-refractivity contribution in [3.05, 3.63) is 24.3 Å². The molecule has 0 atom stereocenters. The second-order valence-electron chi connectivity index (χ2n) is 5.74. The van der Waals surface area contributed by atoms with Crippen molar-refractivity contribution in [2.75, 3.05) is 30.4 Å². The molecule has 2 heterocycles. The number of nitrogens with zero attached hydrogens (tertiary/aromatic N) is 2. The number of hydrogen-bond donors (Lipinski definition) is 2. The second-order valence-corrected chi connectivity index (χ2v) is 5.74. The highest BCUT2D eigenvalue weighted by molar-refractivity contribution is 5.90. The Morgan fingerprint density at radius 2 is 1.95 bits per heavy atom. The average molecular weight is 286 g/mol. The molecule has 0 bridgehead atoms. The first-order valence-corrected chi connectivity index (χ1v) is 7.57. The highest BCUT2D eigenvalue weighted by Gasteiger charge is 2.28. The fourth-order valence-corrected chi connectivity index (χ4v) is 2.64. The lowest BCUT2D eigenvalue weighted by molar-refractivity contribution is 0.0657. The van der Waals surface area contributed by atoms with E-state index in [2.05, 4.69) is 33.6 Å². The molecule has 1 fully saturated rings. The van der Waals surface area contributed by atoms with Crippen LogP contribution in [0.2, 0.25) is 0 Å². The summed E-state index contributed by atoms with van der Waals surface area (Å²) in [5.74, 6) is 1.58. The summed E-state index contributed by atoms with van der Waals surface area (Å²) in [7, 11) is 0. The Kier molecular flexibility index (Phi) is 3.92.